The molecule has 0 spiro atoms. The molecule has 0 aromatic heterocycles. The molecule has 1 aromatic carbocycles. The Morgan fingerprint density at radius 1 is 1.50 bits per heavy atom. The van der Waals surface area contributed by atoms with Crippen LogP contribution in [-0.2, 0) is 10.2 Å². The molecule has 1 aromatic rings. The zero-order valence-corrected chi connectivity index (χ0v) is 12.8. The van der Waals surface area contributed by atoms with Crippen molar-refractivity contribution in [2.45, 2.75) is 44.6 Å². The maximum Gasteiger partial charge on any atom is 0.230 e. The summed E-state index contributed by atoms with van der Waals surface area (Å²) in [6.45, 7) is 3.91. The lowest BCUT2D eigenvalue weighted by Crippen LogP contribution is -2.46. The van der Waals surface area contributed by atoms with E-state index in [0.717, 1.165) is 18.4 Å². The number of carbonyl (C=O) groups excluding carboxylic acids is 1. The van der Waals surface area contributed by atoms with Gasteiger partial charge >= 0.3 is 0 Å². The number of carbonyl (C=O) groups is 1. The van der Waals surface area contributed by atoms with Crippen LogP contribution >= 0.6 is 11.6 Å². The summed E-state index contributed by atoms with van der Waals surface area (Å²) in [7, 11) is 0. The summed E-state index contributed by atoms with van der Waals surface area (Å²) in [4.78, 5) is 12.6. The minimum Gasteiger partial charge on any atom is -0.396 e. The molecule has 1 aliphatic carbocycles. The van der Waals surface area contributed by atoms with E-state index in [2.05, 4.69) is 5.32 Å². The second-order valence-electron chi connectivity index (χ2n) is 6.07. The number of hydrogen-bond acceptors (Lipinski definition) is 2. The van der Waals surface area contributed by atoms with Gasteiger partial charge < -0.3 is 10.4 Å². The van der Waals surface area contributed by atoms with E-state index in [4.69, 9.17) is 16.7 Å². The highest BCUT2D eigenvalue weighted by Gasteiger charge is 2.36. The van der Waals surface area contributed by atoms with Gasteiger partial charge in [-0.2, -0.15) is 0 Å². The van der Waals surface area contributed by atoms with E-state index in [-0.39, 0.29) is 18.6 Å². The number of hydrogen-bond donors (Lipinski definition) is 2. The number of aliphatic hydroxyl groups is 1. The van der Waals surface area contributed by atoms with Crippen molar-refractivity contribution < 1.29 is 9.90 Å². The Morgan fingerprint density at radius 3 is 2.75 bits per heavy atom. The largest absolute Gasteiger partial charge is 0.396 e. The normalized spacial score (nSPS) is 16.8. The van der Waals surface area contributed by atoms with Gasteiger partial charge in [0.25, 0.3) is 0 Å². The number of benzene rings is 1. The minimum absolute atomic E-state index is 0.00915. The minimum atomic E-state index is -0.631. The molecule has 0 saturated heterocycles. The highest BCUT2D eigenvalue weighted by Crippen LogP contribution is 2.35. The molecule has 110 valence electrons. The van der Waals surface area contributed by atoms with E-state index in [1.807, 2.05) is 32.0 Å². The fourth-order valence-corrected chi connectivity index (χ4v) is 2.61. The van der Waals surface area contributed by atoms with Crippen LogP contribution in [0.15, 0.2) is 24.3 Å². The zero-order valence-electron chi connectivity index (χ0n) is 12.0. The average Bonchev–Trinajstić information content (AvgIpc) is 3.22. The fraction of sp³-hybridized carbons (Fsp3) is 0.562. The molecular formula is C16H22ClNO2. The summed E-state index contributed by atoms with van der Waals surface area (Å²) in [5, 5.41) is 12.8. The Hall–Kier alpha value is -1.06. The molecule has 1 aliphatic rings. The quantitative estimate of drug-likeness (QED) is 0.848. The highest BCUT2D eigenvalue weighted by molar-refractivity contribution is 6.30. The van der Waals surface area contributed by atoms with E-state index in [9.17, 15) is 4.79 Å². The SMILES string of the molecule is CC(C)(C(=O)NC(CCO)C1CC1)c1cccc(Cl)c1. The van der Waals surface area contributed by atoms with Gasteiger partial charge in [-0.15, -0.1) is 0 Å². The van der Waals surface area contributed by atoms with E-state index in [0.29, 0.717) is 17.4 Å². The second-order valence-corrected chi connectivity index (χ2v) is 6.50. The summed E-state index contributed by atoms with van der Waals surface area (Å²) in [5.74, 6) is 0.520. The van der Waals surface area contributed by atoms with Crippen molar-refractivity contribution in [3.63, 3.8) is 0 Å². The number of nitrogens with one attached hydrogen (secondary N) is 1. The van der Waals surface area contributed by atoms with Crippen molar-refractivity contribution in [2.75, 3.05) is 6.61 Å². The van der Waals surface area contributed by atoms with Crippen LogP contribution in [0.3, 0.4) is 0 Å². The summed E-state index contributed by atoms with van der Waals surface area (Å²) in [5.41, 5.74) is 0.272. The third-order valence-corrected chi connectivity index (χ3v) is 4.30. The maximum atomic E-state index is 12.6. The van der Waals surface area contributed by atoms with Crippen molar-refractivity contribution in [3.8, 4) is 0 Å². The Balaban J connectivity index is 2.09. The molecule has 1 atom stereocenters. The molecule has 1 fully saturated rings. The van der Waals surface area contributed by atoms with Gasteiger partial charge in [0.2, 0.25) is 5.91 Å². The second kappa shape index (κ2) is 6.15. The molecule has 1 saturated carbocycles. The Labute approximate surface area is 125 Å². The first kappa shape index (κ1) is 15.3. The predicted octanol–water partition coefficient (Wildman–Crippen LogP) is 2.89. The lowest BCUT2D eigenvalue weighted by molar-refractivity contribution is -0.126. The van der Waals surface area contributed by atoms with Crippen LogP contribution in [0.2, 0.25) is 5.02 Å². The smallest absolute Gasteiger partial charge is 0.230 e. The van der Waals surface area contributed by atoms with Crippen molar-refractivity contribution in [2.24, 2.45) is 5.92 Å². The van der Waals surface area contributed by atoms with Crippen LogP contribution in [0.4, 0.5) is 0 Å². The van der Waals surface area contributed by atoms with E-state index >= 15 is 0 Å². The Kier molecular flexibility index (Phi) is 4.71. The van der Waals surface area contributed by atoms with Crippen molar-refractivity contribution in [3.05, 3.63) is 34.9 Å². The Bertz CT molecular complexity index is 483. The molecule has 2 rings (SSSR count). The first-order chi connectivity index (χ1) is 9.45. The number of aliphatic hydroxyl groups excluding tert-OH is 1. The van der Waals surface area contributed by atoms with Crippen LogP contribution < -0.4 is 5.32 Å². The standard InChI is InChI=1S/C16H22ClNO2/c1-16(2,12-4-3-5-13(17)10-12)15(20)18-14(8-9-19)11-6-7-11/h3-5,10-11,14,19H,6-9H2,1-2H3,(H,18,20). The molecule has 4 heteroatoms. The van der Waals surface area contributed by atoms with Gasteiger partial charge in [0.05, 0.1) is 5.41 Å². The molecule has 0 bridgehead atoms. The van der Waals surface area contributed by atoms with Crippen LogP contribution in [0, 0.1) is 5.92 Å². The van der Waals surface area contributed by atoms with Gasteiger partial charge in [0, 0.05) is 17.7 Å². The van der Waals surface area contributed by atoms with Gasteiger partial charge in [-0.1, -0.05) is 23.7 Å². The number of halogens is 1. The fourth-order valence-electron chi connectivity index (χ4n) is 2.42. The molecular weight excluding hydrogens is 274 g/mol. The van der Waals surface area contributed by atoms with Crippen molar-refractivity contribution in [1.29, 1.82) is 0 Å². The first-order valence-electron chi connectivity index (χ1n) is 7.13. The van der Waals surface area contributed by atoms with Crippen LogP contribution in [0.5, 0.6) is 0 Å². The maximum absolute atomic E-state index is 12.6. The van der Waals surface area contributed by atoms with Gasteiger partial charge in [0.15, 0.2) is 0 Å². The van der Waals surface area contributed by atoms with Crippen LogP contribution in [0.25, 0.3) is 0 Å². The van der Waals surface area contributed by atoms with Crippen molar-refractivity contribution in [1.82, 2.24) is 5.32 Å². The summed E-state index contributed by atoms with van der Waals surface area (Å²) >= 11 is 6.01. The van der Waals surface area contributed by atoms with Crippen LogP contribution in [-0.4, -0.2) is 23.7 Å². The van der Waals surface area contributed by atoms with Crippen LogP contribution in [0.1, 0.15) is 38.7 Å². The molecule has 0 aliphatic heterocycles. The van der Waals surface area contributed by atoms with Gasteiger partial charge in [0.1, 0.15) is 0 Å². The predicted molar refractivity (Wildman–Crippen MR) is 80.8 cm³/mol. The summed E-state index contributed by atoms with van der Waals surface area (Å²) < 4.78 is 0. The monoisotopic (exact) mass is 295 g/mol. The Morgan fingerprint density at radius 2 is 2.20 bits per heavy atom. The van der Waals surface area contributed by atoms with E-state index in [1.165, 1.54) is 0 Å². The summed E-state index contributed by atoms with van der Waals surface area (Å²) in [6.07, 6.45) is 2.91. The molecule has 20 heavy (non-hydrogen) atoms. The lowest BCUT2D eigenvalue weighted by atomic mass is 9.83. The number of amides is 1. The first-order valence-corrected chi connectivity index (χ1v) is 7.51. The number of rotatable bonds is 6. The third kappa shape index (κ3) is 3.53. The molecule has 0 radical (unpaired) electrons. The average molecular weight is 296 g/mol. The van der Waals surface area contributed by atoms with Crippen molar-refractivity contribution >= 4 is 17.5 Å². The third-order valence-electron chi connectivity index (χ3n) is 4.06. The topological polar surface area (TPSA) is 49.3 Å². The zero-order chi connectivity index (χ0) is 14.8. The molecule has 1 unspecified atom stereocenters. The highest BCUT2D eigenvalue weighted by atomic mass is 35.5. The van der Waals surface area contributed by atoms with Gasteiger partial charge in [-0.25, -0.2) is 0 Å². The molecule has 1 amide bonds. The summed E-state index contributed by atoms with van der Waals surface area (Å²) in [6, 6.07) is 7.51. The molecule has 0 heterocycles. The van der Waals surface area contributed by atoms with E-state index in [1.54, 1.807) is 6.07 Å². The molecule has 3 nitrogen and oxygen atoms in total. The van der Waals surface area contributed by atoms with E-state index < -0.39 is 5.41 Å². The van der Waals surface area contributed by atoms with Gasteiger partial charge in [-0.05, 0) is 56.7 Å². The molecule has 2 N–H and O–H groups in total. The lowest BCUT2D eigenvalue weighted by Gasteiger charge is -2.28. The van der Waals surface area contributed by atoms with Gasteiger partial charge in [-0.3, -0.25) is 4.79 Å².